The van der Waals surface area contributed by atoms with Crippen LogP contribution in [0.4, 0.5) is 0 Å². The monoisotopic (exact) mass is 217 g/mol. The van der Waals surface area contributed by atoms with E-state index in [2.05, 4.69) is 19.9 Å². The Kier molecular flexibility index (Phi) is 1.86. The fourth-order valence-corrected chi connectivity index (χ4v) is 1.54. The van der Waals surface area contributed by atoms with Crippen molar-refractivity contribution in [3.63, 3.8) is 0 Å². The summed E-state index contributed by atoms with van der Waals surface area (Å²) >= 11 is 0. The van der Waals surface area contributed by atoms with Gasteiger partial charge < -0.3 is 9.15 Å². The minimum atomic E-state index is 0.301. The lowest BCUT2D eigenvalue weighted by atomic mass is 10.3. The highest BCUT2D eigenvalue weighted by molar-refractivity contribution is 5.83. The number of H-pyrrole nitrogens is 2. The van der Waals surface area contributed by atoms with Gasteiger partial charge in [0, 0.05) is 0 Å². The molecule has 0 bridgehead atoms. The number of hydrogen-bond acceptors (Lipinski definition) is 4. The Morgan fingerprint density at radius 1 is 1.44 bits per heavy atom. The van der Waals surface area contributed by atoms with Gasteiger partial charge in [-0.2, -0.15) is 4.98 Å². The molecule has 0 aliphatic heterocycles. The molecule has 0 saturated carbocycles. The molecule has 3 aromatic rings. The number of methoxy groups -OCH3 is 1. The van der Waals surface area contributed by atoms with Crippen LogP contribution in [0.3, 0.4) is 0 Å². The number of aromatic amines is 2. The fourth-order valence-electron chi connectivity index (χ4n) is 1.54. The molecule has 0 spiro atoms. The van der Waals surface area contributed by atoms with Crippen LogP contribution in [0, 0.1) is 0 Å². The van der Waals surface area contributed by atoms with Crippen molar-refractivity contribution >= 4 is 11.2 Å². The standard InChI is InChI=1S/C10H8N4O2/c1-15-10-13-7(6-3-2-4-16-6)8-9(14-10)12-5-11-8/h2-5H,1H3,(H,11,12,13,14)/p+1. The van der Waals surface area contributed by atoms with Crippen molar-refractivity contribution < 1.29 is 14.1 Å². The zero-order valence-electron chi connectivity index (χ0n) is 8.52. The Morgan fingerprint density at radius 3 is 3.12 bits per heavy atom. The quantitative estimate of drug-likeness (QED) is 0.695. The number of ether oxygens (including phenoxy) is 1. The predicted octanol–water partition coefficient (Wildman–Crippen LogP) is 1.04. The molecule has 6 nitrogen and oxygen atoms in total. The third-order valence-corrected chi connectivity index (χ3v) is 2.25. The van der Waals surface area contributed by atoms with Gasteiger partial charge in [0.2, 0.25) is 5.52 Å². The summed E-state index contributed by atoms with van der Waals surface area (Å²) in [6.07, 6.45) is 3.29. The van der Waals surface area contributed by atoms with Gasteiger partial charge in [0.1, 0.15) is 0 Å². The van der Waals surface area contributed by atoms with E-state index < -0.39 is 0 Å². The minimum absolute atomic E-state index is 0.301. The lowest BCUT2D eigenvalue weighted by Crippen LogP contribution is -2.01. The first kappa shape index (κ1) is 8.90. The maximum absolute atomic E-state index is 5.32. The van der Waals surface area contributed by atoms with Gasteiger partial charge in [-0.1, -0.05) is 0 Å². The fraction of sp³-hybridized carbons (Fsp3) is 0.100. The molecular weight excluding hydrogens is 208 g/mol. The molecule has 3 rings (SSSR count). The van der Waals surface area contributed by atoms with Crippen LogP contribution in [0.1, 0.15) is 0 Å². The van der Waals surface area contributed by atoms with Gasteiger partial charge in [-0.15, -0.1) is 0 Å². The number of hydrogen-bond donors (Lipinski definition) is 1. The Bertz CT molecular complexity index is 615. The molecule has 6 heteroatoms. The van der Waals surface area contributed by atoms with E-state index in [1.807, 2.05) is 12.1 Å². The molecule has 16 heavy (non-hydrogen) atoms. The van der Waals surface area contributed by atoms with Gasteiger partial charge in [0.25, 0.3) is 0 Å². The maximum atomic E-state index is 5.32. The highest BCUT2D eigenvalue weighted by atomic mass is 16.5. The molecule has 0 aliphatic carbocycles. The third kappa shape index (κ3) is 1.23. The lowest BCUT2D eigenvalue weighted by molar-refractivity contribution is -0.347. The van der Waals surface area contributed by atoms with Crippen LogP contribution >= 0.6 is 0 Å². The third-order valence-electron chi connectivity index (χ3n) is 2.25. The van der Waals surface area contributed by atoms with E-state index in [1.54, 1.807) is 12.6 Å². The zero-order chi connectivity index (χ0) is 11.0. The first-order valence-corrected chi connectivity index (χ1v) is 4.73. The predicted molar refractivity (Wildman–Crippen MR) is 54.7 cm³/mol. The topological polar surface area (TPSA) is 78.1 Å². The molecule has 0 aliphatic rings. The molecule has 3 heterocycles. The molecule has 0 aromatic carbocycles. The van der Waals surface area contributed by atoms with Crippen LogP contribution in [-0.4, -0.2) is 22.1 Å². The summed E-state index contributed by atoms with van der Waals surface area (Å²) in [5.41, 5.74) is 2.14. The van der Waals surface area contributed by atoms with E-state index in [0.29, 0.717) is 23.1 Å². The second kappa shape index (κ2) is 3.34. The van der Waals surface area contributed by atoms with Crippen LogP contribution in [0.25, 0.3) is 22.6 Å². The van der Waals surface area contributed by atoms with Crippen LogP contribution in [-0.2, 0) is 0 Å². The molecule has 2 N–H and O–H groups in total. The number of furan rings is 1. The van der Waals surface area contributed by atoms with Crippen molar-refractivity contribution in [1.29, 1.82) is 0 Å². The van der Waals surface area contributed by atoms with Gasteiger partial charge in [0.15, 0.2) is 17.8 Å². The first-order valence-electron chi connectivity index (χ1n) is 4.73. The van der Waals surface area contributed by atoms with E-state index in [1.165, 1.54) is 7.11 Å². The average Bonchev–Trinajstić information content (AvgIpc) is 2.98. The number of aromatic nitrogens is 4. The second-order valence-corrected chi connectivity index (χ2v) is 3.19. The number of nitrogens with zero attached hydrogens (tertiary/aromatic N) is 2. The van der Waals surface area contributed by atoms with Crippen molar-refractivity contribution in [2.45, 2.75) is 0 Å². The lowest BCUT2D eigenvalue weighted by Gasteiger charge is -1.96. The SMILES string of the molecule is COc1nc(-c2ccco2)c2[nH]c[nH+]c2n1. The van der Waals surface area contributed by atoms with Gasteiger partial charge in [-0.3, -0.25) is 4.98 Å². The Hall–Kier alpha value is -2.37. The number of fused-ring (bicyclic) bond motifs is 1. The normalized spacial score (nSPS) is 10.8. The summed E-state index contributed by atoms with van der Waals surface area (Å²) in [4.78, 5) is 14.4. The maximum Gasteiger partial charge on any atom is 0.395 e. The van der Waals surface area contributed by atoms with Crippen LogP contribution in [0.5, 0.6) is 6.01 Å². The highest BCUT2D eigenvalue weighted by Gasteiger charge is 2.18. The first-order chi connectivity index (χ1) is 7.88. The molecule has 80 valence electrons. The second-order valence-electron chi connectivity index (χ2n) is 3.19. The van der Waals surface area contributed by atoms with Gasteiger partial charge in [-0.25, -0.2) is 4.98 Å². The van der Waals surface area contributed by atoms with Crippen molar-refractivity contribution in [2.75, 3.05) is 7.11 Å². The Labute approximate surface area is 90.3 Å². The molecule has 0 radical (unpaired) electrons. The number of rotatable bonds is 2. The van der Waals surface area contributed by atoms with Gasteiger partial charge >= 0.3 is 11.7 Å². The molecule has 0 unspecified atom stereocenters. The van der Waals surface area contributed by atoms with Crippen molar-refractivity contribution in [3.05, 3.63) is 24.7 Å². The van der Waals surface area contributed by atoms with Crippen LogP contribution in [0.15, 0.2) is 29.1 Å². The number of nitrogens with one attached hydrogen (secondary N) is 2. The van der Waals surface area contributed by atoms with Crippen molar-refractivity contribution in [3.8, 4) is 17.5 Å². The molecule has 0 saturated heterocycles. The van der Waals surface area contributed by atoms with Crippen LogP contribution < -0.4 is 9.72 Å². The molecule has 3 aromatic heterocycles. The highest BCUT2D eigenvalue weighted by Crippen LogP contribution is 2.24. The average molecular weight is 217 g/mol. The van der Waals surface area contributed by atoms with E-state index in [9.17, 15) is 0 Å². The molecule has 0 amide bonds. The summed E-state index contributed by atoms with van der Waals surface area (Å²) in [6.45, 7) is 0. The minimum Gasteiger partial charge on any atom is -0.463 e. The Morgan fingerprint density at radius 2 is 2.38 bits per heavy atom. The summed E-state index contributed by atoms with van der Waals surface area (Å²) in [5, 5.41) is 0. The molecule has 0 fully saturated rings. The van der Waals surface area contributed by atoms with Gasteiger partial charge in [-0.05, 0) is 17.1 Å². The summed E-state index contributed by atoms with van der Waals surface area (Å²) in [6, 6.07) is 3.94. The van der Waals surface area contributed by atoms with Gasteiger partial charge in [0.05, 0.1) is 13.4 Å². The number of imidazole rings is 1. The smallest absolute Gasteiger partial charge is 0.395 e. The summed E-state index contributed by atoms with van der Waals surface area (Å²) in [5.74, 6) is 0.668. The van der Waals surface area contributed by atoms with E-state index in [-0.39, 0.29) is 0 Å². The zero-order valence-corrected chi connectivity index (χ0v) is 8.52. The van der Waals surface area contributed by atoms with Crippen molar-refractivity contribution in [2.24, 2.45) is 0 Å². The van der Waals surface area contributed by atoms with E-state index in [4.69, 9.17) is 9.15 Å². The largest absolute Gasteiger partial charge is 0.463 e. The summed E-state index contributed by atoms with van der Waals surface area (Å²) in [7, 11) is 1.53. The van der Waals surface area contributed by atoms with Crippen LogP contribution in [0.2, 0.25) is 0 Å². The summed E-state index contributed by atoms with van der Waals surface area (Å²) < 4.78 is 10.3. The van der Waals surface area contributed by atoms with Crippen molar-refractivity contribution in [1.82, 2.24) is 15.0 Å². The Balaban J connectivity index is 2.33. The molecule has 0 atom stereocenters. The van der Waals surface area contributed by atoms with E-state index in [0.717, 1.165) is 5.52 Å². The van der Waals surface area contributed by atoms with E-state index >= 15 is 0 Å². The molecular formula is C10H9N4O2+.